The van der Waals surface area contributed by atoms with Crippen LogP contribution in [-0.4, -0.2) is 24.3 Å². The topological polar surface area (TPSA) is 40.5 Å². The van der Waals surface area contributed by atoms with Crippen molar-refractivity contribution in [2.45, 2.75) is 26.7 Å². The number of carbonyl (C=O) groups excluding carboxylic acids is 1. The third-order valence-electron chi connectivity index (χ3n) is 4.58. The number of ether oxygens (including phenoxy) is 2. The number of hydrogen-bond acceptors (Lipinski definition) is 3. The Morgan fingerprint density at radius 2 is 1.71 bits per heavy atom. The second-order valence-corrected chi connectivity index (χ2v) is 7.33. The van der Waals surface area contributed by atoms with E-state index in [4.69, 9.17) is 9.47 Å². The van der Waals surface area contributed by atoms with E-state index in [0.717, 1.165) is 45.6 Å². The number of carbonyl (C=O) groups is 1. The van der Waals surface area contributed by atoms with Gasteiger partial charge < -0.3 is 14.0 Å². The second-order valence-electron chi connectivity index (χ2n) is 6.41. The highest BCUT2D eigenvalue weighted by atomic mass is 79.9. The summed E-state index contributed by atoms with van der Waals surface area (Å²) in [5.41, 5.74) is 4.45. The molecule has 0 atom stereocenters. The first-order valence-corrected chi connectivity index (χ1v) is 10.2. The normalized spacial score (nSPS) is 10.7. The van der Waals surface area contributed by atoms with Crippen LogP contribution in [0.2, 0.25) is 0 Å². The van der Waals surface area contributed by atoms with Crippen molar-refractivity contribution < 1.29 is 14.3 Å². The molecule has 5 heteroatoms. The van der Waals surface area contributed by atoms with Crippen molar-refractivity contribution in [1.29, 1.82) is 0 Å². The molecule has 0 saturated heterocycles. The molecule has 1 heterocycles. The molecule has 0 bridgehead atoms. The van der Waals surface area contributed by atoms with Gasteiger partial charge in [0.25, 0.3) is 0 Å². The first-order chi connectivity index (χ1) is 13.6. The van der Waals surface area contributed by atoms with E-state index in [1.54, 1.807) is 7.11 Å². The molecule has 0 fully saturated rings. The first kappa shape index (κ1) is 20.2. The van der Waals surface area contributed by atoms with Gasteiger partial charge in [-0.3, -0.25) is 0 Å². The smallest absolute Gasteiger partial charge is 0.340 e. The lowest BCUT2D eigenvalue weighted by atomic mass is 10.0. The molecule has 146 valence electrons. The molecule has 0 aliphatic heterocycles. The van der Waals surface area contributed by atoms with Crippen molar-refractivity contribution >= 4 is 21.9 Å². The standard InChI is InChI=1S/C23H24BrNO3/c1-4-6-21-22(23(26)28-5-2)20(16-7-9-17(24)10-8-16)15-25(21)18-11-13-19(27-3)14-12-18/h7-15H,4-6H2,1-3H3. The summed E-state index contributed by atoms with van der Waals surface area (Å²) in [4.78, 5) is 12.9. The molecule has 2 aromatic carbocycles. The number of methoxy groups -OCH3 is 1. The largest absolute Gasteiger partial charge is 0.497 e. The minimum absolute atomic E-state index is 0.281. The van der Waals surface area contributed by atoms with Crippen LogP contribution < -0.4 is 4.74 Å². The van der Waals surface area contributed by atoms with Crippen molar-refractivity contribution in [2.75, 3.05) is 13.7 Å². The van der Waals surface area contributed by atoms with E-state index in [2.05, 4.69) is 27.4 Å². The Hall–Kier alpha value is -2.53. The van der Waals surface area contributed by atoms with Crippen molar-refractivity contribution in [3.63, 3.8) is 0 Å². The molecule has 0 aliphatic carbocycles. The lowest BCUT2D eigenvalue weighted by Crippen LogP contribution is -2.10. The van der Waals surface area contributed by atoms with Crippen LogP contribution in [0.25, 0.3) is 16.8 Å². The highest BCUT2D eigenvalue weighted by molar-refractivity contribution is 9.10. The highest BCUT2D eigenvalue weighted by Crippen LogP contribution is 2.33. The Morgan fingerprint density at radius 1 is 1.04 bits per heavy atom. The van der Waals surface area contributed by atoms with Gasteiger partial charge in [-0.15, -0.1) is 0 Å². The number of aromatic nitrogens is 1. The lowest BCUT2D eigenvalue weighted by Gasteiger charge is -2.11. The molecule has 0 unspecified atom stereocenters. The quantitative estimate of drug-likeness (QED) is 0.419. The van der Waals surface area contributed by atoms with E-state index in [-0.39, 0.29) is 5.97 Å². The van der Waals surface area contributed by atoms with E-state index in [9.17, 15) is 4.79 Å². The summed E-state index contributed by atoms with van der Waals surface area (Å²) < 4.78 is 13.8. The summed E-state index contributed by atoms with van der Waals surface area (Å²) in [5, 5.41) is 0. The molecule has 0 saturated carbocycles. The van der Waals surface area contributed by atoms with E-state index in [1.165, 1.54) is 0 Å². The van der Waals surface area contributed by atoms with Crippen LogP contribution in [0.4, 0.5) is 0 Å². The van der Waals surface area contributed by atoms with Gasteiger partial charge in [0.05, 0.1) is 19.3 Å². The van der Waals surface area contributed by atoms with Gasteiger partial charge in [-0.25, -0.2) is 4.79 Å². The SMILES string of the molecule is CCCc1c(C(=O)OCC)c(-c2ccc(Br)cc2)cn1-c1ccc(OC)cc1. The third-order valence-corrected chi connectivity index (χ3v) is 5.11. The Balaban J connectivity index is 2.22. The van der Waals surface area contributed by atoms with Gasteiger partial charge in [0.1, 0.15) is 5.75 Å². The molecular formula is C23H24BrNO3. The summed E-state index contributed by atoms with van der Waals surface area (Å²) in [6, 6.07) is 15.8. The molecule has 3 rings (SSSR count). The van der Waals surface area contributed by atoms with Gasteiger partial charge in [0.15, 0.2) is 0 Å². The van der Waals surface area contributed by atoms with E-state index in [1.807, 2.05) is 61.7 Å². The van der Waals surface area contributed by atoms with Crippen molar-refractivity contribution in [3.05, 3.63) is 70.5 Å². The number of benzene rings is 2. The Morgan fingerprint density at radius 3 is 2.29 bits per heavy atom. The second kappa shape index (κ2) is 9.11. The fourth-order valence-corrected chi connectivity index (χ4v) is 3.55. The van der Waals surface area contributed by atoms with Gasteiger partial charge in [0.2, 0.25) is 0 Å². The van der Waals surface area contributed by atoms with E-state index >= 15 is 0 Å². The monoisotopic (exact) mass is 441 g/mol. The molecule has 28 heavy (non-hydrogen) atoms. The fourth-order valence-electron chi connectivity index (χ4n) is 3.28. The number of halogens is 1. The lowest BCUT2D eigenvalue weighted by molar-refractivity contribution is 0.0526. The molecule has 0 spiro atoms. The number of hydrogen-bond donors (Lipinski definition) is 0. The van der Waals surface area contributed by atoms with Gasteiger partial charge in [-0.05, 0) is 55.3 Å². The number of rotatable bonds is 7. The summed E-state index contributed by atoms with van der Waals surface area (Å²) in [6.45, 7) is 4.29. The van der Waals surface area contributed by atoms with Crippen LogP contribution in [0.5, 0.6) is 5.75 Å². The predicted octanol–water partition coefficient (Wildman–Crippen LogP) is 6.04. The molecule has 4 nitrogen and oxygen atoms in total. The summed E-state index contributed by atoms with van der Waals surface area (Å²) >= 11 is 3.48. The van der Waals surface area contributed by atoms with Crippen LogP contribution in [0.3, 0.4) is 0 Å². The average molecular weight is 442 g/mol. The maximum absolute atomic E-state index is 12.9. The first-order valence-electron chi connectivity index (χ1n) is 9.40. The summed E-state index contributed by atoms with van der Waals surface area (Å²) in [7, 11) is 1.65. The maximum Gasteiger partial charge on any atom is 0.340 e. The molecule has 0 amide bonds. The predicted molar refractivity (Wildman–Crippen MR) is 115 cm³/mol. The fraction of sp³-hybridized carbons (Fsp3) is 0.261. The van der Waals surface area contributed by atoms with Crippen LogP contribution in [0.1, 0.15) is 36.3 Å². The minimum Gasteiger partial charge on any atom is -0.497 e. The van der Waals surface area contributed by atoms with Crippen LogP contribution in [0, 0.1) is 0 Å². The van der Waals surface area contributed by atoms with Gasteiger partial charge >= 0.3 is 5.97 Å². The average Bonchev–Trinajstić information content (AvgIpc) is 3.08. The Labute approximate surface area is 174 Å². The Kier molecular flexibility index (Phi) is 6.57. The molecule has 0 aliphatic rings. The number of esters is 1. The molecular weight excluding hydrogens is 418 g/mol. The van der Waals surface area contributed by atoms with Crippen molar-refractivity contribution in [3.8, 4) is 22.6 Å². The summed E-state index contributed by atoms with van der Waals surface area (Å²) in [5.74, 6) is 0.517. The van der Waals surface area contributed by atoms with Crippen molar-refractivity contribution in [2.24, 2.45) is 0 Å². The van der Waals surface area contributed by atoms with Gasteiger partial charge in [0, 0.05) is 27.6 Å². The van der Waals surface area contributed by atoms with Gasteiger partial charge in [-0.2, -0.15) is 0 Å². The maximum atomic E-state index is 12.9. The molecule has 0 N–H and O–H groups in total. The third kappa shape index (κ3) is 4.14. The zero-order valence-electron chi connectivity index (χ0n) is 16.4. The van der Waals surface area contributed by atoms with Gasteiger partial charge in [-0.1, -0.05) is 41.4 Å². The Bertz CT molecular complexity index is 943. The number of nitrogens with zero attached hydrogens (tertiary/aromatic N) is 1. The molecule has 1 aromatic heterocycles. The molecule has 3 aromatic rings. The summed E-state index contributed by atoms with van der Waals surface area (Å²) in [6.07, 6.45) is 3.73. The van der Waals surface area contributed by atoms with Crippen LogP contribution in [-0.2, 0) is 11.2 Å². The minimum atomic E-state index is -0.281. The highest BCUT2D eigenvalue weighted by Gasteiger charge is 2.24. The molecule has 0 radical (unpaired) electrons. The van der Waals surface area contributed by atoms with Crippen LogP contribution in [0.15, 0.2) is 59.2 Å². The van der Waals surface area contributed by atoms with E-state index in [0.29, 0.717) is 12.2 Å². The zero-order valence-corrected chi connectivity index (χ0v) is 18.0. The van der Waals surface area contributed by atoms with E-state index < -0.39 is 0 Å². The zero-order chi connectivity index (χ0) is 20.1. The van der Waals surface area contributed by atoms with Crippen molar-refractivity contribution in [1.82, 2.24) is 4.57 Å². The van der Waals surface area contributed by atoms with Crippen LogP contribution >= 0.6 is 15.9 Å².